The lowest BCUT2D eigenvalue weighted by Gasteiger charge is -2.10. The first-order valence-corrected chi connectivity index (χ1v) is 6.52. The summed E-state index contributed by atoms with van der Waals surface area (Å²) in [5.41, 5.74) is 3.54. The van der Waals surface area contributed by atoms with Crippen molar-refractivity contribution in [3.8, 4) is 0 Å². The van der Waals surface area contributed by atoms with E-state index in [1.165, 1.54) is 17.7 Å². The van der Waals surface area contributed by atoms with E-state index in [-0.39, 0.29) is 0 Å². The summed E-state index contributed by atoms with van der Waals surface area (Å²) in [6, 6.07) is 7.86. The quantitative estimate of drug-likeness (QED) is 0.920. The summed E-state index contributed by atoms with van der Waals surface area (Å²) in [4.78, 5) is 8.65. The largest absolute Gasteiger partial charge is 0.366 e. The highest BCUT2D eigenvalue weighted by molar-refractivity contribution is 6.31. The highest BCUT2D eigenvalue weighted by atomic mass is 35.5. The standard InChI is InChI=1S/C14H14ClN3/c15-12-6-2-1-4-10(12)8-16-14-11-5-3-7-13(11)17-9-18-14/h1-2,4,6,9H,3,5,7-8H2,(H,16,17,18). The molecule has 4 heteroatoms. The van der Waals surface area contributed by atoms with Crippen LogP contribution in [0, 0.1) is 0 Å². The molecule has 1 N–H and O–H groups in total. The molecule has 0 spiro atoms. The van der Waals surface area contributed by atoms with Crippen molar-refractivity contribution < 1.29 is 0 Å². The van der Waals surface area contributed by atoms with Gasteiger partial charge in [0.25, 0.3) is 0 Å². The molecule has 1 heterocycles. The SMILES string of the molecule is Clc1ccccc1CNc1ncnc2c1CCC2. The zero-order chi connectivity index (χ0) is 12.4. The molecule has 1 aromatic carbocycles. The Morgan fingerprint density at radius 3 is 2.94 bits per heavy atom. The van der Waals surface area contributed by atoms with Crippen LogP contribution in [0.4, 0.5) is 5.82 Å². The third-order valence-corrected chi connectivity index (χ3v) is 3.65. The molecule has 3 rings (SSSR count). The smallest absolute Gasteiger partial charge is 0.133 e. The fourth-order valence-corrected chi connectivity index (χ4v) is 2.54. The lowest BCUT2D eigenvalue weighted by molar-refractivity contribution is 0.899. The van der Waals surface area contributed by atoms with Crippen molar-refractivity contribution in [2.75, 3.05) is 5.32 Å². The van der Waals surface area contributed by atoms with Crippen LogP contribution in [0.1, 0.15) is 23.2 Å². The zero-order valence-electron chi connectivity index (χ0n) is 9.99. The Morgan fingerprint density at radius 2 is 2.06 bits per heavy atom. The van der Waals surface area contributed by atoms with Crippen LogP contribution in [0.25, 0.3) is 0 Å². The number of hydrogen-bond acceptors (Lipinski definition) is 3. The van der Waals surface area contributed by atoms with Gasteiger partial charge in [0.15, 0.2) is 0 Å². The average Bonchev–Trinajstić information content (AvgIpc) is 2.86. The third-order valence-electron chi connectivity index (χ3n) is 3.28. The number of aromatic nitrogens is 2. The second kappa shape index (κ2) is 4.94. The minimum atomic E-state index is 0.698. The van der Waals surface area contributed by atoms with Gasteiger partial charge in [0, 0.05) is 22.8 Å². The van der Waals surface area contributed by atoms with E-state index in [0.29, 0.717) is 6.54 Å². The van der Waals surface area contributed by atoms with Crippen molar-refractivity contribution in [1.29, 1.82) is 0 Å². The number of fused-ring (bicyclic) bond motifs is 1. The van der Waals surface area contributed by atoms with Crippen LogP contribution < -0.4 is 5.32 Å². The first kappa shape index (κ1) is 11.5. The molecule has 0 saturated heterocycles. The molecule has 0 saturated carbocycles. The van der Waals surface area contributed by atoms with Crippen LogP contribution in [0.3, 0.4) is 0 Å². The van der Waals surface area contributed by atoms with Gasteiger partial charge in [0.1, 0.15) is 12.1 Å². The van der Waals surface area contributed by atoms with Crippen molar-refractivity contribution in [3.05, 3.63) is 52.4 Å². The monoisotopic (exact) mass is 259 g/mol. The summed E-state index contributed by atoms with van der Waals surface area (Å²) in [7, 11) is 0. The highest BCUT2D eigenvalue weighted by Gasteiger charge is 2.16. The molecule has 0 radical (unpaired) electrons. The third kappa shape index (κ3) is 2.18. The van der Waals surface area contributed by atoms with Gasteiger partial charge in [-0.15, -0.1) is 0 Å². The van der Waals surface area contributed by atoms with E-state index in [9.17, 15) is 0 Å². The summed E-state index contributed by atoms with van der Waals surface area (Å²) in [6.45, 7) is 0.698. The molecular formula is C14H14ClN3. The van der Waals surface area contributed by atoms with E-state index < -0.39 is 0 Å². The van der Waals surface area contributed by atoms with E-state index in [1.54, 1.807) is 6.33 Å². The first-order valence-electron chi connectivity index (χ1n) is 6.14. The minimum Gasteiger partial charge on any atom is -0.366 e. The first-order chi connectivity index (χ1) is 8.84. The molecule has 0 bridgehead atoms. The van der Waals surface area contributed by atoms with Crippen LogP contribution in [0.15, 0.2) is 30.6 Å². The molecule has 0 fully saturated rings. The molecule has 0 amide bonds. The van der Waals surface area contributed by atoms with Gasteiger partial charge < -0.3 is 5.32 Å². The molecule has 3 nitrogen and oxygen atoms in total. The van der Waals surface area contributed by atoms with E-state index in [4.69, 9.17) is 11.6 Å². The molecule has 1 aromatic heterocycles. The van der Waals surface area contributed by atoms with Gasteiger partial charge in [-0.25, -0.2) is 9.97 Å². The predicted molar refractivity (Wildman–Crippen MR) is 72.8 cm³/mol. The zero-order valence-corrected chi connectivity index (χ0v) is 10.7. The predicted octanol–water partition coefficient (Wildman–Crippen LogP) is 3.23. The van der Waals surface area contributed by atoms with Crippen molar-refractivity contribution in [2.45, 2.75) is 25.8 Å². The summed E-state index contributed by atoms with van der Waals surface area (Å²) < 4.78 is 0. The molecule has 92 valence electrons. The van der Waals surface area contributed by atoms with Crippen molar-refractivity contribution >= 4 is 17.4 Å². The summed E-state index contributed by atoms with van der Waals surface area (Å²) in [5, 5.41) is 4.15. The molecule has 0 atom stereocenters. The van der Waals surface area contributed by atoms with Gasteiger partial charge in [-0.2, -0.15) is 0 Å². The Balaban J connectivity index is 1.78. The van der Waals surface area contributed by atoms with E-state index >= 15 is 0 Å². The Bertz CT molecular complexity index is 569. The number of nitrogens with one attached hydrogen (secondary N) is 1. The molecule has 2 aromatic rings. The molecular weight excluding hydrogens is 246 g/mol. The fourth-order valence-electron chi connectivity index (χ4n) is 2.33. The van der Waals surface area contributed by atoms with Crippen LogP contribution in [0.2, 0.25) is 5.02 Å². The van der Waals surface area contributed by atoms with Crippen molar-refractivity contribution in [3.63, 3.8) is 0 Å². The van der Waals surface area contributed by atoms with E-state index in [2.05, 4.69) is 15.3 Å². The maximum Gasteiger partial charge on any atom is 0.133 e. The van der Waals surface area contributed by atoms with Gasteiger partial charge >= 0.3 is 0 Å². The van der Waals surface area contributed by atoms with Crippen LogP contribution in [-0.2, 0) is 19.4 Å². The lowest BCUT2D eigenvalue weighted by Crippen LogP contribution is -2.05. The van der Waals surface area contributed by atoms with Crippen molar-refractivity contribution in [1.82, 2.24) is 9.97 Å². The average molecular weight is 260 g/mol. The molecule has 1 aliphatic rings. The van der Waals surface area contributed by atoms with E-state index in [0.717, 1.165) is 29.2 Å². The van der Waals surface area contributed by atoms with Gasteiger partial charge in [0.05, 0.1) is 0 Å². The van der Waals surface area contributed by atoms with Gasteiger partial charge in [-0.1, -0.05) is 29.8 Å². The summed E-state index contributed by atoms with van der Waals surface area (Å²) >= 11 is 6.13. The number of aryl methyl sites for hydroxylation is 1. The normalized spacial score (nSPS) is 13.4. The lowest BCUT2D eigenvalue weighted by atomic mass is 10.2. The number of benzene rings is 1. The van der Waals surface area contributed by atoms with Crippen LogP contribution in [-0.4, -0.2) is 9.97 Å². The number of nitrogens with zero attached hydrogens (tertiary/aromatic N) is 2. The topological polar surface area (TPSA) is 37.8 Å². The van der Waals surface area contributed by atoms with Gasteiger partial charge in [-0.3, -0.25) is 0 Å². The summed E-state index contributed by atoms with van der Waals surface area (Å²) in [6.07, 6.45) is 4.95. The molecule has 1 aliphatic carbocycles. The number of rotatable bonds is 3. The molecule has 0 unspecified atom stereocenters. The number of halogens is 1. The maximum absolute atomic E-state index is 6.13. The maximum atomic E-state index is 6.13. The summed E-state index contributed by atoms with van der Waals surface area (Å²) in [5.74, 6) is 0.956. The van der Waals surface area contributed by atoms with Crippen LogP contribution in [0.5, 0.6) is 0 Å². The Morgan fingerprint density at radius 1 is 1.17 bits per heavy atom. The molecule has 0 aliphatic heterocycles. The second-order valence-corrected chi connectivity index (χ2v) is 4.85. The van der Waals surface area contributed by atoms with Crippen molar-refractivity contribution in [2.24, 2.45) is 0 Å². The van der Waals surface area contributed by atoms with E-state index in [1.807, 2.05) is 24.3 Å². The Hall–Kier alpha value is -1.61. The Labute approximate surface area is 111 Å². The fraction of sp³-hybridized carbons (Fsp3) is 0.286. The van der Waals surface area contributed by atoms with Gasteiger partial charge in [-0.05, 0) is 30.9 Å². The number of anilines is 1. The number of hydrogen-bond donors (Lipinski definition) is 1. The van der Waals surface area contributed by atoms with Gasteiger partial charge in [0.2, 0.25) is 0 Å². The Kier molecular flexibility index (Phi) is 3.15. The van der Waals surface area contributed by atoms with Crippen LogP contribution >= 0.6 is 11.6 Å². The highest BCUT2D eigenvalue weighted by Crippen LogP contribution is 2.26. The molecule has 18 heavy (non-hydrogen) atoms. The second-order valence-electron chi connectivity index (χ2n) is 4.45. The minimum absolute atomic E-state index is 0.698.